The van der Waals surface area contributed by atoms with Crippen LogP contribution in [0.5, 0.6) is 5.75 Å². The molecule has 1 aromatic carbocycles. The van der Waals surface area contributed by atoms with E-state index in [2.05, 4.69) is 4.90 Å². The van der Waals surface area contributed by atoms with E-state index < -0.39 is 9.70 Å². The van der Waals surface area contributed by atoms with Gasteiger partial charge in [-0.05, 0) is 12.1 Å². The number of carbonyl (C=O) groups excluding carboxylic acids is 1. The first kappa shape index (κ1) is 16.3. The number of halogens is 3. The van der Waals surface area contributed by atoms with Gasteiger partial charge in [-0.15, -0.1) is 0 Å². The van der Waals surface area contributed by atoms with Gasteiger partial charge in [-0.1, -0.05) is 34.8 Å². The topological polar surface area (TPSA) is 58.8 Å². The highest BCUT2D eigenvalue weighted by Crippen LogP contribution is 2.32. The summed E-state index contributed by atoms with van der Waals surface area (Å²) in [7, 11) is 1.60. The Morgan fingerprint density at radius 1 is 1.24 bits per heavy atom. The van der Waals surface area contributed by atoms with Gasteiger partial charge in [0, 0.05) is 37.9 Å². The normalized spacial score (nSPS) is 16.0. The first-order chi connectivity index (χ1) is 9.82. The number of piperazine rings is 1. The number of benzene rings is 1. The second kappa shape index (κ2) is 6.38. The van der Waals surface area contributed by atoms with Gasteiger partial charge in [0.05, 0.1) is 12.8 Å². The quantitative estimate of drug-likeness (QED) is 0.655. The van der Waals surface area contributed by atoms with Crippen molar-refractivity contribution in [1.29, 1.82) is 0 Å². The minimum absolute atomic E-state index is 0.486. The molecule has 116 valence electrons. The predicted molar refractivity (Wildman–Crippen MR) is 86.5 cm³/mol. The average Bonchev–Trinajstić information content (AvgIpc) is 2.45. The van der Waals surface area contributed by atoms with Crippen LogP contribution in [0.2, 0.25) is 0 Å². The first-order valence-electron chi connectivity index (χ1n) is 6.37. The molecule has 1 saturated heterocycles. The van der Waals surface area contributed by atoms with Crippen molar-refractivity contribution in [2.75, 3.05) is 43.9 Å². The number of rotatable bonds is 2. The maximum atomic E-state index is 11.9. The Bertz CT molecular complexity index is 526. The number of ether oxygens (including phenoxy) is 1. The number of alkyl halides is 3. The van der Waals surface area contributed by atoms with Gasteiger partial charge in [-0.3, -0.25) is 4.79 Å². The number of nitrogens with two attached hydrogens (primary N) is 1. The highest BCUT2D eigenvalue weighted by Gasteiger charge is 2.36. The third-order valence-corrected chi connectivity index (χ3v) is 3.84. The molecule has 5 nitrogen and oxygen atoms in total. The summed E-state index contributed by atoms with van der Waals surface area (Å²) >= 11 is 16.9. The summed E-state index contributed by atoms with van der Waals surface area (Å²) in [6, 6.07) is 5.49. The number of methoxy groups -OCH3 is 1. The van der Waals surface area contributed by atoms with E-state index in [0.717, 1.165) is 5.69 Å². The molecule has 0 bridgehead atoms. The van der Waals surface area contributed by atoms with Crippen LogP contribution in [0.4, 0.5) is 11.4 Å². The fraction of sp³-hybridized carbons (Fsp3) is 0.462. The van der Waals surface area contributed by atoms with Gasteiger partial charge in [0.1, 0.15) is 5.75 Å². The summed E-state index contributed by atoms with van der Waals surface area (Å²) in [6.45, 7) is 2.24. The molecule has 1 aliphatic heterocycles. The molecule has 0 saturated carbocycles. The largest absolute Gasteiger partial charge is 0.495 e. The van der Waals surface area contributed by atoms with Crippen LogP contribution in [-0.2, 0) is 4.79 Å². The second-order valence-electron chi connectivity index (χ2n) is 4.71. The molecule has 2 rings (SSSR count). The van der Waals surface area contributed by atoms with Crippen LogP contribution in [0.1, 0.15) is 0 Å². The molecule has 1 amide bonds. The molecule has 0 spiro atoms. The Labute approximate surface area is 138 Å². The van der Waals surface area contributed by atoms with E-state index in [1.54, 1.807) is 18.1 Å². The highest BCUT2D eigenvalue weighted by molar-refractivity contribution is 6.76. The Balaban J connectivity index is 2.06. The number of hydrogen-bond acceptors (Lipinski definition) is 4. The summed E-state index contributed by atoms with van der Waals surface area (Å²) in [5, 5.41) is 0. The van der Waals surface area contributed by atoms with Gasteiger partial charge in [0.25, 0.3) is 9.70 Å². The first-order valence-corrected chi connectivity index (χ1v) is 7.51. The predicted octanol–water partition coefficient (Wildman–Crippen LogP) is 2.30. The molecule has 0 atom stereocenters. The van der Waals surface area contributed by atoms with Crippen LogP contribution in [0, 0.1) is 0 Å². The lowest BCUT2D eigenvalue weighted by molar-refractivity contribution is -0.130. The van der Waals surface area contributed by atoms with Gasteiger partial charge < -0.3 is 20.3 Å². The molecule has 1 aliphatic rings. The molecular formula is C13H16Cl3N3O2. The maximum Gasteiger partial charge on any atom is 0.274 e. The number of carbonyl (C=O) groups is 1. The number of nitrogens with zero attached hydrogens (tertiary/aromatic N) is 2. The molecule has 1 aromatic rings. The minimum atomic E-state index is -1.90. The smallest absolute Gasteiger partial charge is 0.274 e. The summed E-state index contributed by atoms with van der Waals surface area (Å²) < 4.78 is 3.44. The van der Waals surface area contributed by atoms with Gasteiger partial charge in [0.15, 0.2) is 0 Å². The zero-order valence-electron chi connectivity index (χ0n) is 11.5. The summed E-state index contributed by atoms with van der Waals surface area (Å²) in [6.07, 6.45) is 0. The molecule has 2 N–H and O–H groups in total. The van der Waals surface area contributed by atoms with E-state index in [-0.39, 0.29) is 0 Å². The minimum Gasteiger partial charge on any atom is -0.495 e. The molecule has 21 heavy (non-hydrogen) atoms. The van der Waals surface area contributed by atoms with Crippen LogP contribution in [0.25, 0.3) is 0 Å². The van der Waals surface area contributed by atoms with Crippen molar-refractivity contribution < 1.29 is 9.53 Å². The van der Waals surface area contributed by atoms with Crippen molar-refractivity contribution in [2.45, 2.75) is 3.79 Å². The Hall–Kier alpha value is -1.04. The SMILES string of the molecule is COc1cc(N)ccc1N1CCN(C(=O)C(Cl)(Cl)Cl)CC1. The molecular weight excluding hydrogens is 337 g/mol. The van der Waals surface area contributed by atoms with Gasteiger partial charge in [-0.2, -0.15) is 0 Å². The molecule has 0 radical (unpaired) electrons. The van der Waals surface area contributed by atoms with Crippen molar-refractivity contribution in [3.05, 3.63) is 18.2 Å². The lowest BCUT2D eigenvalue weighted by Gasteiger charge is -2.37. The number of amides is 1. The Morgan fingerprint density at radius 2 is 1.86 bits per heavy atom. The summed E-state index contributed by atoms with van der Waals surface area (Å²) in [5.74, 6) is 0.215. The van der Waals surface area contributed by atoms with Crippen LogP contribution in [0.15, 0.2) is 18.2 Å². The fourth-order valence-corrected chi connectivity index (χ4v) is 2.64. The monoisotopic (exact) mass is 351 g/mol. The summed E-state index contributed by atoms with van der Waals surface area (Å²) in [4.78, 5) is 15.6. The number of anilines is 2. The van der Waals surface area contributed by atoms with Gasteiger partial charge in [-0.25, -0.2) is 0 Å². The molecule has 0 aromatic heterocycles. The summed E-state index contributed by atoms with van der Waals surface area (Å²) in [5.41, 5.74) is 7.32. The third-order valence-electron chi connectivity index (χ3n) is 3.35. The Morgan fingerprint density at radius 3 is 2.38 bits per heavy atom. The standard InChI is InChI=1S/C13H16Cl3N3O2/c1-21-11-8-9(17)2-3-10(11)18-4-6-19(7-5-18)12(20)13(14,15)16/h2-3,8H,4-7,17H2,1H3. The van der Waals surface area contributed by atoms with Crippen molar-refractivity contribution in [2.24, 2.45) is 0 Å². The third kappa shape index (κ3) is 3.78. The second-order valence-corrected chi connectivity index (χ2v) is 6.99. The van der Waals surface area contributed by atoms with Crippen LogP contribution in [-0.4, -0.2) is 47.9 Å². The van der Waals surface area contributed by atoms with Gasteiger partial charge in [0.2, 0.25) is 0 Å². The van der Waals surface area contributed by atoms with Crippen molar-refractivity contribution in [3.63, 3.8) is 0 Å². The highest BCUT2D eigenvalue weighted by atomic mass is 35.6. The average molecular weight is 353 g/mol. The van der Waals surface area contributed by atoms with E-state index in [9.17, 15) is 4.79 Å². The molecule has 8 heteroatoms. The zero-order valence-corrected chi connectivity index (χ0v) is 13.8. The van der Waals surface area contributed by atoms with E-state index in [1.807, 2.05) is 12.1 Å². The van der Waals surface area contributed by atoms with Gasteiger partial charge >= 0.3 is 0 Å². The van der Waals surface area contributed by atoms with Crippen LogP contribution < -0.4 is 15.4 Å². The van der Waals surface area contributed by atoms with Crippen LogP contribution >= 0.6 is 34.8 Å². The molecule has 0 unspecified atom stereocenters. The fourth-order valence-electron chi connectivity index (χ4n) is 2.29. The number of nitrogen functional groups attached to an aromatic ring is 1. The van der Waals surface area contributed by atoms with E-state index in [0.29, 0.717) is 37.6 Å². The lowest BCUT2D eigenvalue weighted by Crippen LogP contribution is -2.51. The Kier molecular flexibility index (Phi) is 4.96. The molecule has 1 heterocycles. The van der Waals surface area contributed by atoms with Crippen molar-refractivity contribution in [1.82, 2.24) is 4.90 Å². The van der Waals surface area contributed by atoms with Crippen LogP contribution in [0.3, 0.4) is 0 Å². The van der Waals surface area contributed by atoms with E-state index >= 15 is 0 Å². The van der Waals surface area contributed by atoms with E-state index in [1.165, 1.54) is 0 Å². The maximum absolute atomic E-state index is 11.9. The van der Waals surface area contributed by atoms with Crippen molar-refractivity contribution >= 4 is 52.1 Å². The zero-order chi connectivity index (χ0) is 15.6. The van der Waals surface area contributed by atoms with E-state index in [4.69, 9.17) is 45.3 Å². The number of hydrogen-bond donors (Lipinski definition) is 1. The lowest BCUT2D eigenvalue weighted by atomic mass is 10.2. The molecule has 0 aliphatic carbocycles. The molecule has 1 fully saturated rings. The van der Waals surface area contributed by atoms with Crippen molar-refractivity contribution in [3.8, 4) is 5.75 Å².